The highest BCUT2D eigenvalue weighted by atomic mass is 16.5. The van der Waals surface area contributed by atoms with Gasteiger partial charge in [0.1, 0.15) is 6.61 Å². The van der Waals surface area contributed by atoms with Gasteiger partial charge >= 0.3 is 0 Å². The fourth-order valence-corrected chi connectivity index (χ4v) is 0.919. The SMILES string of the molecule is Cc1nnc(NC(=O)COCCN)nc1C. The van der Waals surface area contributed by atoms with Crippen LogP contribution in [0, 0.1) is 13.8 Å². The summed E-state index contributed by atoms with van der Waals surface area (Å²) in [6.45, 7) is 4.26. The average molecular weight is 225 g/mol. The van der Waals surface area contributed by atoms with Crippen LogP contribution in [0.15, 0.2) is 0 Å². The molecule has 7 nitrogen and oxygen atoms in total. The molecular formula is C9H15N5O2. The second-order valence-electron chi connectivity index (χ2n) is 3.20. The number of rotatable bonds is 5. The van der Waals surface area contributed by atoms with Crippen LogP contribution in [0.1, 0.15) is 11.4 Å². The van der Waals surface area contributed by atoms with Crippen LogP contribution in [0.4, 0.5) is 5.95 Å². The minimum Gasteiger partial charge on any atom is -0.370 e. The lowest BCUT2D eigenvalue weighted by atomic mass is 10.4. The molecular weight excluding hydrogens is 210 g/mol. The fraction of sp³-hybridized carbons (Fsp3) is 0.556. The summed E-state index contributed by atoms with van der Waals surface area (Å²) >= 11 is 0. The number of nitrogens with one attached hydrogen (secondary N) is 1. The van der Waals surface area contributed by atoms with Crippen molar-refractivity contribution in [1.29, 1.82) is 0 Å². The zero-order chi connectivity index (χ0) is 12.0. The number of carbonyl (C=O) groups is 1. The molecule has 1 aromatic heterocycles. The number of hydrogen-bond acceptors (Lipinski definition) is 6. The van der Waals surface area contributed by atoms with Gasteiger partial charge in [-0.05, 0) is 13.8 Å². The van der Waals surface area contributed by atoms with Crippen LogP contribution in [0.25, 0.3) is 0 Å². The Kier molecular flexibility index (Phi) is 4.74. The Bertz CT molecular complexity index is 369. The Morgan fingerprint density at radius 1 is 1.38 bits per heavy atom. The molecule has 1 amide bonds. The van der Waals surface area contributed by atoms with Gasteiger partial charge in [-0.15, -0.1) is 5.10 Å². The topological polar surface area (TPSA) is 103 Å². The Hall–Kier alpha value is -1.60. The zero-order valence-corrected chi connectivity index (χ0v) is 9.36. The first-order valence-corrected chi connectivity index (χ1v) is 4.89. The lowest BCUT2D eigenvalue weighted by Crippen LogP contribution is -2.22. The summed E-state index contributed by atoms with van der Waals surface area (Å²) in [5.74, 6) is -0.136. The molecule has 0 aromatic carbocycles. The Labute approximate surface area is 93.4 Å². The lowest BCUT2D eigenvalue weighted by Gasteiger charge is -2.04. The Morgan fingerprint density at radius 2 is 2.12 bits per heavy atom. The molecule has 0 fully saturated rings. The van der Waals surface area contributed by atoms with Gasteiger partial charge in [0, 0.05) is 6.54 Å². The first-order valence-electron chi connectivity index (χ1n) is 4.89. The molecule has 0 aliphatic rings. The van der Waals surface area contributed by atoms with E-state index >= 15 is 0 Å². The van der Waals surface area contributed by atoms with Gasteiger partial charge in [-0.2, -0.15) is 5.10 Å². The molecule has 0 saturated carbocycles. The number of aromatic nitrogens is 3. The molecule has 88 valence electrons. The predicted octanol–water partition coefficient (Wildman–Crippen LogP) is -0.598. The van der Waals surface area contributed by atoms with E-state index in [9.17, 15) is 4.79 Å². The van der Waals surface area contributed by atoms with Gasteiger partial charge in [0.2, 0.25) is 5.95 Å². The van der Waals surface area contributed by atoms with Gasteiger partial charge in [-0.25, -0.2) is 4.98 Å². The maximum absolute atomic E-state index is 11.3. The molecule has 1 rings (SSSR count). The number of amides is 1. The zero-order valence-electron chi connectivity index (χ0n) is 9.36. The summed E-state index contributed by atoms with van der Waals surface area (Å²) in [7, 11) is 0. The van der Waals surface area contributed by atoms with Crippen LogP contribution < -0.4 is 11.1 Å². The van der Waals surface area contributed by atoms with Gasteiger partial charge in [0.05, 0.1) is 18.0 Å². The largest absolute Gasteiger partial charge is 0.370 e. The number of nitrogens with two attached hydrogens (primary N) is 1. The lowest BCUT2D eigenvalue weighted by molar-refractivity contribution is -0.120. The molecule has 0 spiro atoms. The molecule has 1 aromatic rings. The summed E-state index contributed by atoms with van der Waals surface area (Å²) in [6.07, 6.45) is 0. The molecule has 3 N–H and O–H groups in total. The number of ether oxygens (including phenoxy) is 1. The standard InChI is InChI=1S/C9H15N5O2/c1-6-7(2)13-14-9(11-6)12-8(15)5-16-4-3-10/h3-5,10H2,1-2H3,(H,11,12,14,15). The van der Waals surface area contributed by atoms with Crippen LogP contribution in [-0.2, 0) is 9.53 Å². The maximum Gasteiger partial charge on any atom is 0.252 e. The summed E-state index contributed by atoms with van der Waals surface area (Å²) in [5.41, 5.74) is 6.68. The number of hydrogen-bond donors (Lipinski definition) is 2. The highest BCUT2D eigenvalue weighted by molar-refractivity contribution is 5.89. The highest BCUT2D eigenvalue weighted by Crippen LogP contribution is 2.01. The second kappa shape index (κ2) is 6.09. The fourth-order valence-electron chi connectivity index (χ4n) is 0.919. The van der Waals surface area contributed by atoms with Crippen LogP contribution in [0.5, 0.6) is 0 Å². The van der Waals surface area contributed by atoms with E-state index in [1.165, 1.54) is 0 Å². The average Bonchev–Trinajstić information content (AvgIpc) is 2.24. The molecule has 0 unspecified atom stereocenters. The number of carbonyl (C=O) groups excluding carboxylic acids is 1. The summed E-state index contributed by atoms with van der Waals surface area (Å²) in [5, 5.41) is 10.1. The summed E-state index contributed by atoms with van der Waals surface area (Å²) in [4.78, 5) is 15.4. The van der Waals surface area contributed by atoms with Crippen molar-refractivity contribution in [2.75, 3.05) is 25.1 Å². The second-order valence-corrected chi connectivity index (χ2v) is 3.20. The molecule has 1 heterocycles. The Balaban J connectivity index is 2.46. The van der Waals surface area contributed by atoms with Gasteiger partial charge in [-0.1, -0.05) is 0 Å². The molecule has 0 radical (unpaired) electrons. The summed E-state index contributed by atoms with van der Waals surface area (Å²) in [6, 6.07) is 0. The molecule has 0 aliphatic heterocycles. The van der Waals surface area contributed by atoms with Crippen molar-refractivity contribution >= 4 is 11.9 Å². The van der Waals surface area contributed by atoms with E-state index in [0.29, 0.717) is 13.2 Å². The molecule has 7 heteroatoms. The van der Waals surface area contributed by atoms with E-state index in [-0.39, 0.29) is 18.5 Å². The molecule has 16 heavy (non-hydrogen) atoms. The van der Waals surface area contributed by atoms with E-state index in [4.69, 9.17) is 10.5 Å². The van der Waals surface area contributed by atoms with E-state index in [1.54, 1.807) is 13.8 Å². The van der Waals surface area contributed by atoms with Crippen molar-refractivity contribution in [1.82, 2.24) is 15.2 Å². The smallest absolute Gasteiger partial charge is 0.252 e. The van der Waals surface area contributed by atoms with Crippen molar-refractivity contribution in [3.63, 3.8) is 0 Å². The Morgan fingerprint density at radius 3 is 2.75 bits per heavy atom. The van der Waals surface area contributed by atoms with Gasteiger partial charge < -0.3 is 10.5 Å². The monoisotopic (exact) mass is 225 g/mol. The van der Waals surface area contributed by atoms with Gasteiger partial charge in [-0.3, -0.25) is 10.1 Å². The van der Waals surface area contributed by atoms with Gasteiger partial charge in [0.25, 0.3) is 5.91 Å². The van der Waals surface area contributed by atoms with E-state index in [1.807, 2.05) is 0 Å². The normalized spacial score (nSPS) is 10.2. The first-order chi connectivity index (χ1) is 7.63. The van der Waals surface area contributed by atoms with Crippen molar-refractivity contribution in [3.05, 3.63) is 11.4 Å². The van der Waals surface area contributed by atoms with E-state index in [0.717, 1.165) is 11.4 Å². The highest BCUT2D eigenvalue weighted by Gasteiger charge is 2.06. The first kappa shape index (κ1) is 12.5. The van der Waals surface area contributed by atoms with Crippen LogP contribution >= 0.6 is 0 Å². The number of aryl methyl sites for hydroxylation is 2. The third kappa shape index (κ3) is 3.87. The maximum atomic E-state index is 11.3. The summed E-state index contributed by atoms with van der Waals surface area (Å²) < 4.78 is 4.96. The number of nitrogens with zero attached hydrogens (tertiary/aromatic N) is 3. The quantitative estimate of drug-likeness (QED) is 0.649. The van der Waals surface area contributed by atoms with Gasteiger partial charge in [0.15, 0.2) is 0 Å². The van der Waals surface area contributed by atoms with E-state index < -0.39 is 0 Å². The van der Waals surface area contributed by atoms with Crippen molar-refractivity contribution in [2.24, 2.45) is 5.73 Å². The number of anilines is 1. The van der Waals surface area contributed by atoms with Crippen LogP contribution in [0.3, 0.4) is 0 Å². The predicted molar refractivity (Wildman–Crippen MR) is 57.8 cm³/mol. The third-order valence-corrected chi connectivity index (χ3v) is 1.84. The molecule has 0 atom stereocenters. The van der Waals surface area contributed by atoms with E-state index in [2.05, 4.69) is 20.5 Å². The van der Waals surface area contributed by atoms with Crippen LogP contribution in [0.2, 0.25) is 0 Å². The van der Waals surface area contributed by atoms with Crippen LogP contribution in [-0.4, -0.2) is 40.8 Å². The van der Waals surface area contributed by atoms with Crippen molar-refractivity contribution in [2.45, 2.75) is 13.8 Å². The minimum absolute atomic E-state index is 0.0620. The molecule has 0 aliphatic carbocycles. The van der Waals surface area contributed by atoms with Crippen molar-refractivity contribution in [3.8, 4) is 0 Å². The molecule has 0 bridgehead atoms. The third-order valence-electron chi connectivity index (χ3n) is 1.84. The van der Waals surface area contributed by atoms with Crippen molar-refractivity contribution < 1.29 is 9.53 Å². The molecule has 0 saturated heterocycles. The minimum atomic E-state index is -0.321.